The molecular weight excluding hydrogens is 1620 g/mol. The Hall–Kier alpha value is -12.3. The van der Waals surface area contributed by atoms with Gasteiger partial charge >= 0.3 is 0 Å². The topological polar surface area (TPSA) is 506 Å². The number of para-hydroxylation sites is 1. The van der Waals surface area contributed by atoms with Crippen molar-refractivity contribution in [3.8, 4) is 0 Å². The summed E-state index contributed by atoms with van der Waals surface area (Å²) < 4.78 is 0. The molecule has 0 unspecified atom stereocenters. The number of aryl methyl sites for hydroxylation is 5. The number of carbonyl (C=O) groups is 1. The number of hydrogen-bond donors (Lipinski definition) is 17. The second-order valence-electron chi connectivity index (χ2n) is 24.0. The summed E-state index contributed by atoms with van der Waals surface area (Å²) in [4.78, 5) is 72.9. The number of aliphatic hydroxyl groups excluding tert-OH is 4. The van der Waals surface area contributed by atoms with Crippen LogP contribution in [0, 0.1) is 34.6 Å². The molecule has 34 nitrogen and oxygen atoms in total. The van der Waals surface area contributed by atoms with Gasteiger partial charge in [0.2, 0.25) is 85.2 Å². The molecule has 6 aromatic heterocycles. The predicted molar refractivity (Wildman–Crippen MR) is 467 cm³/mol. The van der Waals surface area contributed by atoms with E-state index >= 15 is 0 Å². The smallest absolute Gasteiger partial charge is 0.250 e. The lowest BCUT2D eigenvalue weighted by Gasteiger charge is -2.09. The molecule has 0 bridgehead atoms. The van der Waals surface area contributed by atoms with Gasteiger partial charge in [0.1, 0.15) is 6.29 Å². The van der Waals surface area contributed by atoms with Gasteiger partial charge in [-0.2, -0.15) is 79.9 Å². The maximum atomic E-state index is 10.5. The molecule has 13 aromatic rings. The Labute approximate surface area is 703 Å². The number of aromatic amines is 1. The summed E-state index contributed by atoms with van der Waals surface area (Å²) >= 11 is 33.1. The van der Waals surface area contributed by atoms with Crippen LogP contribution in [0.5, 0.6) is 0 Å². The Bertz CT molecular complexity index is 5150. The fourth-order valence-corrected chi connectivity index (χ4v) is 10.4. The second kappa shape index (κ2) is 50.1. The van der Waals surface area contributed by atoms with Gasteiger partial charge in [-0.1, -0.05) is 137 Å². The first-order valence-electron chi connectivity index (χ1n) is 35.3. The van der Waals surface area contributed by atoms with Crippen LogP contribution in [0.3, 0.4) is 0 Å². The molecule has 1 aliphatic rings. The summed E-state index contributed by atoms with van der Waals surface area (Å²) in [6.07, 6.45) is 7.39. The number of carbonyl (C=O) groups excluding carboxylic acids is 1. The van der Waals surface area contributed by atoms with Gasteiger partial charge in [0.05, 0.1) is 32.6 Å². The molecule has 7 aromatic carbocycles. The summed E-state index contributed by atoms with van der Waals surface area (Å²) in [5.74, 6) is 8.21. The largest absolute Gasteiger partial charge is 0.399 e. The highest BCUT2D eigenvalue weighted by Crippen LogP contribution is 2.26. The van der Waals surface area contributed by atoms with Crippen molar-refractivity contribution >= 4 is 181 Å². The van der Waals surface area contributed by atoms with Crippen molar-refractivity contribution in [3.05, 3.63) is 258 Å². The van der Waals surface area contributed by atoms with E-state index in [-0.39, 0.29) is 70.0 Å². The van der Waals surface area contributed by atoms with E-state index in [0.29, 0.717) is 67.8 Å². The number of H-pyrrole nitrogens is 1. The molecule has 0 atom stereocenters. The molecule has 0 radical (unpaired) electrons. The Kier molecular flexibility index (Phi) is 39.4. The highest BCUT2D eigenvalue weighted by atomic mass is 35.5. The fraction of sp³-hybridized carbons (Fsp3) is 0.182. The van der Waals surface area contributed by atoms with E-state index in [1.807, 2.05) is 211 Å². The molecular formula is C77H85Cl6N29O5. The number of nitrogens with one attached hydrogen (secondary N) is 10. The van der Waals surface area contributed by atoms with Crippen molar-refractivity contribution in [3.63, 3.8) is 0 Å². The number of aliphatic hydroxyl groups is 4. The molecule has 6 heterocycles. The van der Waals surface area contributed by atoms with Crippen LogP contribution < -0.4 is 65.4 Å². The summed E-state index contributed by atoms with van der Waals surface area (Å²) in [6, 6.07) is 55.1. The number of allylic oxidation sites excluding steroid dienone is 2. The zero-order valence-corrected chi connectivity index (χ0v) is 68.2. The quantitative estimate of drug-likeness (QED) is 0.00929. The van der Waals surface area contributed by atoms with Gasteiger partial charge in [0.15, 0.2) is 0 Å². The maximum absolute atomic E-state index is 10.5. The Morgan fingerprint density at radius 2 is 0.752 bits per heavy atom. The van der Waals surface area contributed by atoms with Crippen molar-refractivity contribution in [2.45, 2.75) is 41.0 Å². The standard InChI is InChI=1S/C21H22N8O.C12H14ClN5O.C12H17N7O.C10H8Cl2N4.C10H8O.C7H9N.C3Cl3N3.C2H7NO/c1-14-6-8-16(9-7-14)25-20-26-19(22-10-11-30)27-21(28-20)29-24-13-15-12-23-18-5-3-2-4-17(15)18;1-8-2-4-9(5-3-8)15-12-17-10(13)16-11(18-12)14-6-7-19;1-8-2-4-9(5-3-8)15-11-16-10(14-6-7-20)17-12(18-11)19-13;1-6-2-4-7(5-3-6)13-10-15-8(11)14-9(12)16-10;11-7-9-6-5-8-3-1-2-4-10(8)9;1-6-2-4-7(8)5-3-6;4-1-7-2(5)9-3(6)8-1;3-1-2-4/h2-9,12-13,23,30H,10-11H2,1H3,(H3,22,25,26,27,28,29);2-5,19H,6-7H2,1H3,(H2,14,15,16,17,18);2-5,20H,6-7,13H2,1H3,(H3,14,15,16,17,18,19);2-5H,1H3,(H,13,14,15,16);1-4,6-7H,5H2;2-5H,8H2,1H3;;4H,1-3H2/b24-13+;;;;;;;. The monoisotopic (exact) mass is 1710 g/mol. The predicted octanol–water partition coefficient (Wildman–Crippen LogP) is 13.3. The molecule has 40 heteroatoms. The molecule has 20 N–H and O–H groups in total. The Morgan fingerprint density at radius 1 is 0.419 bits per heavy atom. The minimum absolute atomic E-state index is 0.000000000000000444. The van der Waals surface area contributed by atoms with Gasteiger partial charge in [-0.05, 0) is 189 Å². The van der Waals surface area contributed by atoms with Crippen LogP contribution in [0.1, 0.15) is 44.5 Å². The lowest BCUT2D eigenvalue weighted by Crippen LogP contribution is -2.16. The van der Waals surface area contributed by atoms with Crippen LogP contribution in [0.2, 0.25) is 31.7 Å². The molecule has 0 saturated carbocycles. The number of fused-ring (bicyclic) bond motifs is 2. The fourth-order valence-electron chi connectivity index (χ4n) is 9.22. The van der Waals surface area contributed by atoms with Crippen LogP contribution in [-0.4, -0.2) is 165 Å². The third-order valence-electron chi connectivity index (χ3n) is 14.8. The molecule has 0 spiro atoms. The third-order valence-corrected chi connectivity index (χ3v) is 15.8. The van der Waals surface area contributed by atoms with E-state index in [9.17, 15) is 4.79 Å². The van der Waals surface area contributed by atoms with Crippen molar-refractivity contribution in [2.24, 2.45) is 16.7 Å². The van der Waals surface area contributed by atoms with Crippen molar-refractivity contribution in [2.75, 3.05) is 106 Å². The Morgan fingerprint density at radius 3 is 1.16 bits per heavy atom. The van der Waals surface area contributed by atoms with Gasteiger partial charge < -0.3 is 74.1 Å². The number of rotatable bonds is 23. The van der Waals surface area contributed by atoms with Gasteiger partial charge in [0.25, 0.3) is 0 Å². The minimum Gasteiger partial charge on any atom is -0.399 e. The van der Waals surface area contributed by atoms with Gasteiger partial charge in [0, 0.05) is 82.9 Å². The highest BCUT2D eigenvalue weighted by Gasteiger charge is 2.13. The lowest BCUT2D eigenvalue weighted by molar-refractivity contribution is -0.103. The van der Waals surface area contributed by atoms with Crippen LogP contribution >= 0.6 is 69.6 Å². The Balaban J connectivity index is 0.000000194. The molecule has 0 aliphatic heterocycles. The molecule has 610 valence electrons. The first-order valence-corrected chi connectivity index (χ1v) is 37.6. The van der Waals surface area contributed by atoms with Gasteiger partial charge in [-0.25, -0.2) is 11.3 Å². The number of aromatic nitrogens is 16. The average Bonchev–Trinajstić information content (AvgIpc) is 1.75. The number of nitrogen functional groups attached to an aromatic ring is 2. The number of hydrogen-bond acceptors (Lipinski definition) is 33. The van der Waals surface area contributed by atoms with E-state index in [1.54, 1.807) is 6.21 Å². The number of nitrogens with two attached hydrogens (primary N) is 3. The minimum atomic E-state index is -0.0338. The van der Waals surface area contributed by atoms with E-state index in [2.05, 4.69) is 139 Å². The summed E-state index contributed by atoms with van der Waals surface area (Å²) in [7, 11) is 0. The number of hydrazone groups is 1. The molecule has 117 heavy (non-hydrogen) atoms. The normalized spacial score (nSPS) is 10.6. The van der Waals surface area contributed by atoms with Crippen LogP contribution in [-0.2, 0) is 11.2 Å². The number of hydrazine groups is 1. The molecule has 0 saturated heterocycles. The second-order valence-corrected chi connectivity index (χ2v) is 26.0. The summed E-state index contributed by atoms with van der Waals surface area (Å²) in [5, 5.41) is 60.8. The number of benzene rings is 7. The summed E-state index contributed by atoms with van der Waals surface area (Å²) in [5.41, 5.74) is 30.8. The number of aldehydes is 1. The zero-order valence-electron chi connectivity index (χ0n) is 63.7. The van der Waals surface area contributed by atoms with E-state index in [1.165, 1.54) is 27.8 Å². The van der Waals surface area contributed by atoms with Crippen molar-refractivity contribution in [1.82, 2.24) is 79.7 Å². The van der Waals surface area contributed by atoms with Crippen LogP contribution in [0.4, 0.5) is 82.0 Å². The average molecular weight is 1710 g/mol. The highest BCUT2D eigenvalue weighted by molar-refractivity contribution is 6.33. The summed E-state index contributed by atoms with van der Waals surface area (Å²) in [6.45, 7) is 11.5. The van der Waals surface area contributed by atoms with Crippen molar-refractivity contribution < 1.29 is 25.2 Å². The van der Waals surface area contributed by atoms with Gasteiger partial charge in [-0.15, -0.1) is 0 Å². The molecule has 14 rings (SSSR count). The van der Waals surface area contributed by atoms with Crippen molar-refractivity contribution in [1.29, 1.82) is 0 Å². The van der Waals surface area contributed by atoms with E-state index < -0.39 is 0 Å². The van der Waals surface area contributed by atoms with E-state index in [4.69, 9.17) is 107 Å². The third kappa shape index (κ3) is 34.4. The number of anilines is 14. The first-order chi connectivity index (χ1) is 56.5. The van der Waals surface area contributed by atoms with Crippen LogP contribution in [0.15, 0.2) is 187 Å². The van der Waals surface area contributed by atoms with Gasteiger partial charge in [-0.3, -0.25) is 10.2 Å². The zero-order chi connectivity index (χ0) is 84.3. The lowest BCUT2D eigenvalue weighted by atomic mass is 10.1. The first kappa shape index (κ1) is 91.9. The van der Waals surface area contributed by atoms with Crippen LogP contribution in [0.25, 0.3) is 16.5 Å². The van der Waals surface area contributed by atoms with E-state index in [0.717, 1.165) is 74.3 Å². The SMILES string of the molecule is Cc1ccc(N)cc1.Cc1ccc(Nc2nc(Cl)nc(Cl)n2)cc1.Cc1ccc(Nc2nc(Cl)nc(NCCO)n2)cc1.Cc1ccc(Nc2nc(NCCO)nc(N/N=C/c3c[nH]c4ccccc34)n2)cc1.Cc1ccc(Nc2nc(NN)nc(NCCO)n2)cc1.Clc1nc(Cl)nc(Cl)n1.NCCO.O=CC1=CCc2ccccc21. The maximum Gasteiger partial charge on any atom is 0.250 e. The molecule has 0 amide bonds. The molecule has 0 fully saturated rings. The number of nitrogens with zero attached hydrogens (tertiary/aromatic N) is 16. The molecule has 1 aliphatic carbocycles. The number of halogens is 6.